The van der Waals surface area contributed by atoms with Crippen molar-refractivity contribution in [1.29, 1.82) is 0 Å². The fourth-order valence-electron chi connectivity index (χ4n) is 2.37. The lowest BCUT2D eigenvalue weighted by molar-refractivity contribution is 0.316. The van der Waals surface area contributed by atoms with Crippen LogP contribution in [-0.2, 0) is 6.54 Å². The predicted molar refractivity (Wildman–Crippen MR) is 94.0 cm³/mol. The van der Waals surface area contributed by atoms with E-state index in [0.717, 1.165) is 37.1 Å². The average Bonchev–Trinajstić information content (AvgIpc) is 2.44. The first-order chi connectivity index (χ1) is 10.1. The Hall–Kier alpha value is -0.570. The highest BCUT2D eigenvalue weighted by Gasteiger charge is 2.03. The lowest BCUT2D eigenvalue weighted by atomic mass is 10.1. The zero-order chi connectivity index (χ0) is 15.5. The van der Waals surface area contributed by atoms with Gasteiger partial charge in [0.25, 0.3) is 0 Å². The van der Waals surface area contributed by atoms with E-state index in [0.29, 0.717) is 0 Å². The van der Waals surface area contributed by atoms with Gasteiger partial charge in [0.2, 0.25) is 0 Å². The smallest absolute Gasteiger partial charge is 0.0451 e. The Morgan fingerprint density at radius 3 is 2.52 bits per heavy atom. The van der Waals surface area contributed by atoms with Crippen molar-refractivity contribution in [2.75, 3.05) is 26.7 Å². The number of hydrogen-bond donors (Lipinski definition) is 1. The summed E-state index contributed by atoms with van der Waals surface area (Å²) in [5.74, 6) is 0.753. The lowest BCUT2D eigenvalue weighted by Gasteiger charge is -2.17. The molecule has 2 nitrogen and oxygen atoms in total. The molecule has 21 heavy (non-hydrogen) atoms. The van der Waals surface area contributed by atoms with Crippen molar-refractivity contribution in [3.63, 3.8) is 0 Å². The largest absolute Gasteiger partial charge is 0.316 e. The van der Waals surface area contributed by atoms with Gasteiger partial charge in [0.05, 0.1) is 0 Å². The molecule has 1 aromatic carbocycles. The van der Waals surface area contributed by atoms with E-state index in [9.17, 15) is 0 Å². The van der Waals surface area contributed by atoms with Crippen molar-refractivity contribution in [2.24, 2.45) is 5.92 Å². The van der Waals surface area contributed by atoms with E-state index < -0.39 is 0 Å². The second kappa shape index (κ2) is 11.1. The molecule has 0 saturated heterocycles. The molecule has 0 aliphatic heterocycles. The van der Waals surface area contributed by atoms with Crippen LogP contribution in [0.2, 0.25) is 5.02 Å². The normalized spacial score (nSPS) is 11.5. The summed E-state index contributed by atoms with van der Waals surface area (Å²) < 4.78 is 0. The van der Waals surface area contributed by atoms with Crippen LogP contribution in [0.25, 0.3) is 0 Å². The molecule has 0 saturated carbocycles. The molecule has 1 aromatic rings. The summed E-state index contributed by atoms with van der Waals surface area (Å²) in [5.41, 5.74) is 1.22. The van der Waals surface area contributed by atoms with Gasteiger partial charge in [0, 0.05) is 11.6 Å². The summed E-state index contributed by atoms with van der Waals surface area (Å²) in [6.07, 6.45) is 5.20. The van der Waals surface area contributed by atoms with Crippen molar-refractivity contribution in [2.45, 2.75) is 46.1 Å². The Morgan fingerprint density at radius 1 is 1.10 bits per heavy atom. The quantitative estimate of drug-likeness (QED) is 0.602. The van der Waals surface area contributed by atoms with E-state index in [1.54, 1.807) is 0 Å². The van der Waals surface area contributed by atoms with Gasteiger partial charge in [-0.1, -0.05) is 56.5 Å². The molecule has 0 bridgehead atoms. The summed E-state index contributed by atoms with van der Waals surface area (Å²) in [6.45, 7) is 8.89. The first-order valence-corrected chi connectivity index (χ1v) is 8.60. The molecule has 1 N–H and O–H groups in total. The van der Waals surface area contributed by atoms with Gasteiger partial charge in [0.15, 0.2) is 0 Å². The van der Waals surface area contributed by atoms with E-state index in [1.165, 1.54) is 31.2 Å². The van der Waals surface area contributed by atoms with Crippen LogP contribution < -0.4 is 5.32 Å². The van der Waals surface area contributed by atoms with Gasteiger partial charge in [-0.15, -0.1) is 0 Å². The van der Waals surface area contributed by atoms with Crippen LogP contribution >= 0.6 is 11.6 Å². The van der Waals surface area contributed by atoms with Crippen LogP contribution in [0.15, 0.2) is 24.3 Å². The number of halogens is 1. The van der Waals surface area contributed by atoms with Gasteiger partial charge in [0.1, 0.15) is 0 Å². The summed E-state index contributed by atoms with van der Waals surface area (Å²) in [5, 5.41) is 4.37. The molecule has 3 heteroatoms. The summed E-state index contributed by atoms with van der Waals surface area (Å²) in [7, 11) is 2.17. The molecule has 0 aromatic heterocycles. The van der Waals surface area contributed by atoms with Crippen molar-refractivity contribution < 1.29 is 0 Å². The summed E-state index contributed by atoms with van der Waals surface area (Å²) >= 11 is 6.19. The number of rotatable bonds is 11. The Balaban J connectivity index is 2.01. The van der Waals surface area contributed by atoms with Gasteiger partial charge >= 0.3 is 0 Å². The molecule has 1 rings (SSSR count). The molecular formula is C18H31ClN2. The molecule has 0 amide bonds. The van der Waals surface area contributed by atoms with Gasteiger partial charge in [-0.2, -0.15) is 0 Å². The third-order valence-electron chi connectivity index (χ3n) is 3.59. The Kier molecular flexibility index (Phi) is 9.73. The van der Waals surface area contributed by atoms with E-state index in [-0.39, 0.29) is 0 Å². The highest BCUT2D eigenvalue weighted by atomic mass is 35.5. The maximum Gasteiger partial charge on any atom is 0.0451 e. The molecular weight excluding hydrogens is 280 g/mol. The first kappa shape index (κ1) is 18.5. The van der Waals surface area contributed by atoms with Crippen LogP contribution in [0.1, 0.15) is 45.1 Å². The van der Waals surface area contributed by atoms with Gasteiger partial charge in [-0.05, 0) is 57.1 Å². The van der Waals surface area contributed by atoms with Crippen LogP contribution in [0, 0.1) is 5.92 Å². The monoisotopic (exact) mass is 310 g/mol. The molecule has 0 aliphatic rings. The third kappa shape index (κ3) is 9.13. The number of nitrogens with zero attached hydrogens (tertiary/aromatic N) is 1. The van der Waals surface area contributed by atoms with E-state index in [2.05, 4.69) is 43.2 Å². The fraction of sp³-hybridized carbons (Fsp3) is 0.667. The zero-order valence-corrected chi connectivity index (χ0v) is 14.6. The van der Waals surface area contributed by atoms with Gasteiger partial charge < -0.3 is 10.2 Å². The van der Waals surface area contributed by atoms with E-state index in [4.69, 9.17) is 11.6 Å². The van der Waals surface area contributed by atoms with Crippen LogP contribution in [0.5, 0.6) is 0 Å². The van der Waals surface area contributed by atoms with Crippen LogP contribution in [0.4, 0.5) is 0 Å². The second-order valence-electron chi connectivity index (χ2n) is 6.34. The number of benzene rings is 1. The molecule has 0 spiro atoms. The van der Waals surface area contributed by atoms with Gasteiger partial charge in [-0.3, -0.25) is 0 Å². The lowest BCUT2D eigenvalue weighted by Crippen LogP contribution is -2.21. The maximum atomic E-state index is 6.19. The molecule has 0 heterocycles. The number of nitrogens with one attached hydrogen (secondary N) is 1. The SMILES string of the molecule is CC(C)CNCCCCCCN(C)Cc1ccccc1Cl. The fourth-order valence-corrected chi connectivity index (χ4v) is 2.57. The molecule has 0 unspecified atom stereocenters. The van der Waals surface area contributed by atoms with Crippen LogP contribution in [0.3, 0.4) is 0 Å². The molecule has 120 valence electrons. The summed E-state index contributed by atoms with van der Waals surface area (Å²) in [6, 6.07) is 8.12. The van der Waals surface area contributed by atoms with Crippen LogP contribution in [-0.4, -0.2) is 31.6 Å². The van der Waals surface area contributed by atoms with E-state index in [1.807, 2.05) is 12.1 Å². The van der Waals surface area contributed by atoms with Gasteiger partial charge in [-0.25, -0.2) is 0 Å². The zero-order valence-electron chi connectivity index (χ0n) is 13.9. The number of unbranched alkanes of at least 4 members (excludes halogenated alkanes) is 3. The molecule has 0 radical (unpaired) electrons. The van der Waals surface area contributed by atoms with Crippen molar-refractivity contribution in [1.82, 2.24) is 10.2 Å². The Labute approximate surface area is 135 Å². The maximum absolute atomic E-state index is 6.19. The topological polar surface area (TPSA) is 15.3 Å². The molecule has 0 fully saturated rings. The van der Waals surface area contributed by atoms with Crippen molar-refractivity contribution >= 4 is 11.6 Å². The number of hydrogen-bond acceptors (Lipinski definition) is 2. The molecule has 0 atom stereocenters. The minimum Gasteiger partial charge on any atom is -0.316 e. The highest BCUT2D eigenvalue weighted by molar-refractivity contribution is 6.31. The average molecular weight is 311 g/mol. The standard InChI is InChI=1S/C18H31ClN2/c1-16(2)14-20-12-8-4-5-9-13-21(3)15-17-10-6-7-11-18(17)19/h6-7,10-11,16,20H,4-5,8-9,12-15H2,1-3H3. The van der Waals surface area contributed by atoms with E-state index >= 15 is 0 Å². The Bertz CT molecular complexity index is 379. The van der Waals surface area contributed by atoms with Crippen molar-refractivity contribution in [3.8, 4) is 0 Å². The third-order valence-corrected chi connectivity index (χ3v) is 3.96. The minimum absolute atomic E-state index is 0.753. The Morgan fingerprint density at radius 2 is 1.81 bits per heavy atom. The molecule has 0 aliphatic carbocycles. The van der Waals surface area contributed by atoms with Crippen molar-refractivity contribution in [3.05, 3.63) is 34.9 Å². The first-order valence-electron chi connectivity index (χ1n) is 8.22. The minimum atomic E-state index is 0.753. The highest BCUT2D eigenvalue weighted by Crippen LogP contribution is 2.16. The summed E-state index contributed by atoms with van der Waals surface area (Å²) in [4.78, 5) is 2.36. The predicted octanol–water partition coefficient (Wildman–Crippen LogP) is 4.58. The second-order valence-corrected chi connectivity index (χ2v) is 6.75.